The van der Waals surface area contributed by atoms with Gasteiger partial charge < -0.3 is 5.11 Å². The van der Waals surface area contributed by atoms with E-state index in [2.05, 4.69) is 22.9 Å². The molecule has 1 heterocycles. The van der Waals surface area contributed by atoms with E-state index in [1.165, 1.54) is 22.5 Å². The Morgan fingerprint density at radius 2 is 1.94 bits per heavy atom. The Bertz CT molecular complexity index is 531. The molecule has 0 saturated carbocycles. The fourth-order valence-corrected chi connectivity index (χ4v) is 3.36. The first-order chi connectivity index (χ1) is 7.99. The minimum atomic E-state index is -0.608. The van der Waals surface area contributed by atoms with Crippen LogP contribution in [0.2, 0.25) is 5.02 Å². The Balaban J connectivity index is 2.36. The van der Waals surface area contributed by atoms with Gasteiger partial charge in [-0.3, -0.25) is 0 Å². The summed E-state index contributed by atoms with van der Waals surface area (Å²) >= 11 is 10.8. The van der Waals surface area contributed by atoms with Crippen molar-refractivity contribution in [3.63, 3.8) is 0 Å². The molecule has 0 bridgehead atoms. The fraction of sp³-hybridized carbons (Fsp3) is 0.231. The van der Waals surface area contributed by atoms with E-state index < -0.39 is 6.10 Å². The van der Waals surface area contributed by atoms with Crippen LogP contribution in [0.25, 0.3) is 0 Å². The highest BCUT2D eigenvalue weighted by atomic mass is 79.9. The van der Waals surface area contributed by atoms with Crippen molar-refractivity contribution in [2.24, 2.45) is 0 Å². The highest BCUT2D eigenvalue weighted by Crippen LogP contribution is 2.37. The molecule has 0 aliphatic rings. The van der Waals surface area contributed by atoms with Crippen molar-refractivity contribution in [1.29, 1.82) is 0 Å². The Kier molecular flexibility index (Phi) is 3.93. The first kappa shape index (κ1) is 13.1. The van der Waals surface area contributed by atoms with Crippen LogP contribution in [0, 0.1) is 13.8 Å². The van der Waals surface area contributed by atoms with Crippen LogP contribution in [-0.2, 0) is 0 Å². The number of hydrogen-bond acceptors (Lipinski definition) is 2. The molecular formula is C13H12BrClOS. The third-order valence-electron chi connectivity index (χ3n) is 2.78. The number of thiophene rings is 1. The Hall–Kier alpha value is -0.350. The van der Waals surface area contributed by atoms with Gasteiger partial charge in [-0.15, -0.1) is 11.3 Å². The van der Waals surface area contributed by atoms with Crippen LogP contribution in [-0.4, -0.2) is 5.11 Å². The van der Waals surface area contributed by atoms with Gasteiger partial charge in [0.1, 0.15) is 6.10 Å². The lowest BCUT2D eigenvalue weighted by Crippen LogP contribution is -1.98. The molecular weight excluding hydrogens is 320 g/mol. The lowest BCUT2D eigenvalue weighted by atomic mass is 10.0. The van der Waals surface area contributed by atoms with Crippen LogP contribution < -0.4 is 0 Å². The molecule has 0 radical (unpaired) electrons. The van der Waals surface area contributed by atoms with Gasteiger partial charge in [-0.05, 0) is 52.5 Å². The van der Waals surface area contributed by atoms with Crippen molar-refractivity contribution >= 4 is 38.9 Å². The molecule has 1 nitrogen and oxygen atoms in total. The van der Waals surface area contributed by atoms with Crippen LogP contribution in [0.5, 0.6) is 0 Å². The summed E-state index contributed by atoms with van der Waals surface area (Å²) in [6, 6.07) is 7.80. The quantitative estimate of drug-likeness (QED) is 0.833. The maximum absolute atomic E-state index is 10.3. The average molecular weight is 332 g/mol. The summed E-state index contributed by atoms with van der Waals surface area (Å²) in [7, 11) is 0. The number of aliphatic hydroxyl groups is 1. The SMILES string of the molecule is Cc1ccc(C(O)c2cc(Cl)c(Br)s2)cc1C. The molecule has 1 aromatic heterocycles. The standard InChI is InChI=1S/C13H12BrClOS/c1-7-3-4-9(5-8(7)2)12(16)11-6-10(15)13(14)17-11/h3-6,12,16H,1-2H3. The lowest BCUT2D eigenvalue weighted by molar-refractivity contribution is 0.224. The van der Waals surface area contributed by atoms with E-state index >= 15 is 0 Å². The minimum Gasteiger partial charge on any atom is -0.383 e. The molecule has 1 N–H and O–H groups in total. The van der Waals surface area contributed by atoms with Crippen LogP contribution in [0.1, 0.15) is 27.7 Å². The maximum Gasteiger partial charge on any atom is 0.113 e. The highest BCUT2D eigenvalue weighted by Gasteiger charge is 2.15. The smallest absolute Gasteiger partial charge is 0.113 e. The van der Waals surface area contributed by atoms with Gasteiger partial charge >= 0.3 is 0 Å². The van der Waals surface area contributed by atoms with Crippen molar-refractivity contribution in [3.05, 3.63) is 54.6 Å². The summed E-state index contributed by atoms with van der Waals surface area (Å²) in [5.74, 6) is 0. The third-order valence-corrected chi connectivity index (χ3v) is 5.31. The number of hydrogen-bond donors (Lipinski definition) is 1. The molecule has 1 aromatic carbocycles. The van der Waals surface area contributed by atoms with Gasteiger partial charge in [0.05, 0.1) is 8.81 Å². The number of benzene rings is 1. The molecule has 90 valence electrons. The van der Waals surface area contributed by atoms with Gasteiger partial charge in [0.25, 0.3) is 0 Å². The van der Waals surface area contributed by atoms with E-state index in [9.17, 15) is 5.11 Å². The van der Waals surface area contributed by atoms with E-state index in [0.717, 1.165) is 14.2 Å². The molecule has 0 saturated heterocycles. The predicted molar refractivity (Wildman–Crippen MR) is 77.0 cm³/mol. The molecule has 2 rings (SSSR count). The van der Waals surface area contributed by atoms with E-state index in [4.69, 9.17) is 11.6 Å². The zero-order valence-electron chi connectivity index (χ0n) is 9.50. The average Bonchev–Trinajstić information content (AvgIpc) is 2.62. The number of halogens is 2. The first-order valence-electron chi connectivity index (χ1n) is 5.19. The normalized spacial score (nSPS) is 12.8. The predicted octanol–water partition coefficient (Wildman–Crippen LogP) is 4.86. The molecule has 0 fully saturated rings. The van der Waals surface area contributed by atoms with E-state index in [1.54, 1.807) is 6.07 Å². The van der Waals surface area contributed by atoms with Crippen molar-refractivity contribution in [1.82, 2.24) is 0 Å². The zero-order valence-corrected chi connectivity index (χ0v) is 12.7. The van der Waals surface area contributed by atoms with Crippen molar-refractivity contribution in [2.75, 3.05) is 0 Å². The largest absolute Gasteiger partial charge is 0.383 e. The Labute approximate surface area is 118 Å². The summed E-state index contributed by atoms with van der Waals surface area (Å²) in [4.78, 5) is 0.852. The van der Waals surface area contributed by atoms with Gasteiger partial charge in [-0.25, -0.2) is 0 Å². The van der Waals surface area contributed by atoms with Crippen LogP contribution in [0.15, 0.2) is 28.1 Å². The lowest BCUT2D eigenvalue weighted by Gasteiger charge is -2.10. The summed E-state index contributed by atoms with van der Waals surface area (Å²) in [6.45, 7) is 4.10. The maximum atomic E-state index is 10.3. The van der Waals surface area contributed by atoms with Gasteiger partial charge in [-0.1, -0.05) is 29.8 Å². The van der Waals surface area contributed by atoms with Crippen molar-refractivity contribution < 1.29 is 5.11 Å². The van der Waals surface area contributed by atoms with Crippen LogP contribution >= 0.6 is 38.9 Å². The van der Waals surface area contributed by atoms with Gasteiger partial charge in [0.2, 0.25) is 0 Å². The van der Waals surface area contributed by atoms with E-state index in [1.807, 2.05) is 25.1 Å². The molecule has 4 heteroatoms. The second kappa shape index (κ2) is 5.11. The number of aryl methyl sites for hydroxylation is 2. The molecule has 2 aromatic rings. The van der Waals surface area contributed by atoms with Crippen LogP contribution in [0.4, 0.5) is 0 Å². The summed E-state index contributed by atoms with van der Waals surface area (Å²) in [6.07, 6.45) is -0.608. The molecule has 1 unspecified atom stereocenters. The topological polar surface area (TPSA) is 20.2 Å². The highest BCUT2D eigenvalue weighted by molar-refractivity contribution is 9.11. The van der Waals surface area contributed by atoms with Crippen molar-refractivity contribution in [2.45, 2.75) is 20.0 Å². The molecule has 17 heavy (non-hydrogen) atoms. The molecule has 0 amide bonds. The van der Waals surface area contributed by atoms with Gasteiger partial charge in [0, 0.05) is 4.88 Å². The Morgan fingerprint density at radius 3 is 2.47 bits per heavy atom. The first-order valence-corrected chi connectivity index (χ1v) is 7.17. The molecule has 0 spiro atoms. The number of rotatable bonds is 2. The van der Waals surface area contributed by atoms with Gasteiger partial charge in [0.15, 0.2) is 0 Å². The zero-order chi connectivity index (χ0) is 12.6. The molecule has 1 atom stereocenters. The summed E-state index contributed by atoms with van der Waals surface area (Å²) < 4.78 is 0.858. The molecule has 0 aliphatic carbocycles. The third kappa shape index (κ3) is 2.74. The monoisotopic (exact) mass is 330 g/mol. The summed E-state index contributed by atoms with van der Waals surface area (Å²) in [5.41, 5.74) is 3.31. The van der Waals surface area contributed by atoms with Crippen LogP contribution in [0.3, 0.4) is 0 Å². The van der Waals surface area contributed by atoms with E-state index in [0.29, 0.717) is 5.02 Å². The van der Waals surface area contributed by atoms with E-state index in [-0.39, 0.29) is 0 Å². The van der Waals surface area contributed by atoms with Crippen molar-refractivity contribution in [3.8, 4) is 0 Å². The van der Waals surface area contributed by atoms with Gasteiger partial charge in [-0.2, -0.15) is 0 Å². The summed E-state index contributed by atoms with van der Waals surface area (Å²) in [5, 5.41) is 10.9. The second-order valence-corrected chi connectivity index (χ2v) is 6.83. The minimum absolute atomic E-state index is 0.608. The Morgan fingerprint density at radius 1 is 1.24 bits per heavy atom. The molecule has 0 aliphatic heterocycles. The fourth-order valence-electron chi connectivity index (χ4n) is 1.60. The number of aliphatic hydroxyl groups excluding tert-OH is 1. The second-order valence-electron chi connectivity index (χ2n) is 4.02.